The largest absolute Gasteiger partial charge is 0.479 e. The maximum Gasteiger partial charge on any atom is 0.335 e. The molecule has 1 aliphatic rings. The van der Waals surface area contributed by atoms with Crippen molar-refractivity contribution in [3.63, 3.8) is 0 Å². The zero-order chi connectivity index (χ0) is 11.3. The highest BCUT2D eigenvalue weighted by molar-refractivity contribution is 5.77. The van der Waals surface area contributed by atoms with E-state index >= 15 is 0 Å². The van der Waals surface area contributed by atoms with Crippen LogP contribution in [0.1, 0.15) is 51.9 Å². The fourth-order valence-electron chi connectivity index (χ4n) is 2.59. The zero-order valence-corrected chi connectivity index (χ0v) is 9.79. The molecule has 1 saturated carbocycles. The average molecular weight is 214 g/mol. The summed E-state index contributed by atoms with van der Waals surface area (Å²) < 4.78 is 5.25. The van der Waals surface area contributed by atoms with Gasteiger partial charge in [0.25, 0.3) is 0 Å². The first-order valence-corrected chi connectivity index (χ1v) is 5.93. The molecule has 2 unspecified atom stereocenters. The van der Waals surface area contributed by atoms with Gasteiger partial charge in [-0.2, -0.15) is 0 Å². The summed E-state index contributed by atoms with van der Waals surface area (Å²) in [5.74, 6) is -0.0893. The van der Waals surface area contributed by atoms with Gasteiger partial charge < -0.3 is 9.84 Å². The van der Waals surface area contributed by atoms with Crippen LogP contribution in [0.25, 0.3) is 0 Å². The summed E-state index contributed by atoms with van der Waals surface area (Å²) in [6.07, 6.45) is 6.88. The summed E-state index contributed by atoms with van der Waals surface area (Å²) in [7, 11) is 1.52. The molecule has 0 spiro atoms. The van der Waals surface area contributed by atoms with Crippen LogP contribution in [0.15, 0.2) is 0 Å². The molecule has 0 aromatic rings. The lowest BCUT2D eigenvalue weighted by Crippen LogP contribution is -2.40. The molecule has 0 radical (unpaired) electrons. The van der Waals surface area contributed by atoms with Crippen molar-refractivity contribution in [1.82, 2.24) is 0 Å². The molecule has 1 rings (SSSR count). The number of aliphatic carboxylic acids is 1. The predicted molar refractivity (Wildman–Crippen MR) is 58.9 cm³/mol. The van der Waals surface area contributed by atoms with Crippen LogP contribution in [0.3, 0.4) is 0 Å². The monoisotopic (exact) mass is 214 g/mol. The van der Waals surface area contributed by atoms with Crippen LogP contribution in [0.2, 0.25) is 0 Å². The lowest BCUT2D eigenvalue weighted by atomic mass is 9.92. The van der Waals surface area contributed by atoms with Gasteiger partial charge in [-0.1, -0.05) is 26.2 Å². The molecule has 3 nitrogen and oxygen atoms in total. The minimum Gasteiger partial charge on any atom is -0.479 e. The van der Waals surface area contributed by atoms with Crippen LogP contribution in [0.4, 0.5) is 0 Å². The quantitative estimate of drug-likeness (QED) is 0.732. The van der Waals surface area contributed by atoms with Crippen molar-refractivity contribution < 1.29 is 14.6 Å². The van der Waals surface area contributed by atoms with Crippen molar-refractivity contribution in [3.05, 3.63) is 0 Å². The van der Waals surface area contributed by atoms with Crippen molar-refractivity contribution in [2.45, 2.75) is 57.5 Å². The van der Waals surface area contributed by atoms with Crippen LogP contribution in [-0.2, 0) is 9.53 Å². The number of carbonyl (C=O) groups is 1. The Bertz CT molecular complexity index is 215. The number of rotatable bonds is 4. The third kappa shape index (κ3) is 2.94. The summed E-state index contributed by atoms with van der Waals surface area (Å²) >= 11 is 0. The summed E-state index contributed by atoms with van der Waals surface area (Å²) in [6, 6.07) is 0. The van der Waals surface area contributed by atoms with E-state index in [1.54, 1.807) is 0 Å². The van der Waals surface area contributed by atoms with E-state index in [-0.39, 0.29) is 0 Å². The van der Waals surface area contributed by atoms with Gasteiger partial charge in [0, 0.05) is 7.11 Å². The normalized spacial score (nSPS) is 32.3. The maximum atomic E-state index is 11.2. The number of hydrogen-bond donors (Lipinski definition) is 1. The van der Waals surface area contributed by atoms with Crippen molar-refractivity contribution in [2.75, 3.05) is 7.11 Å². The number of hydrogen-bond acceptors (Lipinski definition) is 2. The molecule has 0 amide bonds. The van der Waals surface area contributed by atoms with E-state index in [4.69, 9.17) is 4.74 Å². The molecule has 0 aromatic heterocycles. The third-order valence-electron chi connectivity index (χ3n) is 3.63. The Kier molecular flexibility index (Phi) is 4.58. The van der Waals surface area contributed by atoms with Gasteiger partial charge in [-0.15, -0.1) is 0 Å². The van der Waals surface area contributed by atoms with Crippen LogP contribution in [-0.4, -0.2) is 23.8 Å². The second kappa shape index (κ2) is 5.50. The Labute approximate surface area is 91.8 Å². The standard InChI is InChI=1S/C12H22O3/c1-3-5-10-6-4-8-12(15-2,9-7-10)11(13)14/h10H,3-9H2,1-2H3,(H,13,14). The van der Waals surface area contributed by atoms with Crippen molar-refractivity contribution in [1.29, 1.82) is 0 Å². The van der Waals surface area contributed by atoms with E-state index in [1.807, 2.05) is 0 Å². The van der Waals surface area contributed by atoms with E-state index in [9.17, 15) is 9.90 Å². The highest BCUT2D eigenvalue weighted by atomic mass is 16.5. The molecule has 1 fully saturated rings. The van der Waals surface area contributed by atoms with E-state index < -0.39 is 11.6 Å². The van der Waals surface area contributed by atoms with Crippen molar-refractivity contribution in [3.8, 4) is 0 Å². The Morgan fingerprint density at radius 2 is 2.20 bits per heavy atom. The molecule has 0 saturated heterocycles. The molecule has 1 N–H and O–H groups in total. The number of ether oxygens (including phenoxy) is 1. The van der Waals surface area contributed by atoms with Gasteiger partial charge in [-0.25, -0.2) is 4.79 Å². The van der Waals surface area contributed by atoms with E-state index in [2.05, 4.69) is 6.92 Å². The third-order valence-corrected chi connectivity index (χ3v) is 3.63. The highest BCUT2D eigenvalue weighted by Crippen LogP contribution is 2.34. The summed E-state index contributed by atoms with van der Waals surface area (Å²) in [5, 5.41) is 9.20. The Morgan fingerprint density at radius 1 is 1.47 bits per heavy atom. The first-order valence-electron chi connectivity index (χ1n) is 5.93. The van der Waals surface area contributed by atoms with Crippen LogP contribution < -0.4 is 0 Å². The maximum absolute atomic E-state index is 11.2. The SMILES string of the molecule is CCCC1CCCC(OC)(C(=O)O)CC1. The summed E-state index contributed by atoms with van der Waals surface area (Å²) in [6.45, 7) is 2.19. The van der Waals surface area contributed by atoms with Gasteiger partial charge in [-0.05, 0) is 31.6 Å². The first-order chi connectivity index (χ1) is 7.14. The second-order valence-electron chi connectivity index (χ2n) is 4.59. The van der Waals surface area contributed by atoms with E-state index in [0.29, 0.717) is 18.8 Å². The number of carboxylic acid groups (broad SMARTS) is 1. The van der Waals surface area contributed by atoms with Gasteiger partial charge in [0.2, 0.25) is 0 Å². The average Bonchev–Trinajstić information content (AvgIpc) is 2.42. The van der Waals surface area contributed by atoms with E-state index in [0.717, 1.165) is 19.3 Å². The summed E-state index contributed by atoms with van der Waals surface area (Å²) in [4.78, 5) is 11.2. The molecule has 0 aliphatic heterocycles. The lowest BCUT2D eigenvalue weighted by molar-refractivity contribution is -0.164. The van der Waals surface area contributed by atoms with Crippen molar-refractivity contribution in [2.24, 2.45) is 5.92 Å². The second-order valence-corrected chi connectivity index (χ2v) is 4.59. The molecule has 2 atom stereocenters. The van der Waals surface area contributed by atoms with E-state index in [1.165, 1.54) is 20.0 Å². The van der Waals surface area contributed by atoms with Gasteiger partial charge in [0.1, 0.15) is 0 Å². The molecule has 0 bridgehead atoms. The smallest absolute Gasteiger partial charge is 0.335 e. The fourth-order valence-corrected chi connectivity index (χ4v) is 2.59. The van der Waals surface area contributed by atoms with Gasteiger partial charge in [-0.3, -0.25) is 0 Å². The minimum atomic E-state index is -0.900. The topological polar surface area (TPSA) is 46.5 Å². The molecule has 1 aliphatic carbocycles. The molecular weight excluding hydrogens is 192 g/mol. The lowest BCUT2D eigenvalue weighted by Gasteiger charge is -2.26. The van der Waals surface area contributed by atoms with Crippen LogP contribution >= 0.6 is 0 Å². The molecular formula is C12H22O3. The molecule has 15 heavy (non-hydrogen) atoms. The number of carboxylic acids is 1. The van der Waals surface area contributed by atoms with Gasteiger partial charge >= 0.3 is 5.97 Å². The molecule has 0 aromatic carbocycles. The van der Waals surface area contributed by atoms with Crippen molar-refractivity contribution >= 4 is 5.97 Å². The predicted octanol–water partition coefficient (Wildman–Crippen LogP) is 2.84. The minimum absolute atomic E-state index is 0.666. The van der Waals surface area contributed by atoms with Crippen LogP contribution in [0, 0.1) is 5.92 Å². The molecule has 3 heteroatoms. The van der Waals surface area contributed by atoms with Gasteiger partial charge in [0.15, 0.2) is 5.60 Å². The summed E-state index contributed by atoms with van der Waals surface area (Å²) in [5.41, 5.74) is -0.900. The Hall–Kier alpha value is -0.570. The van der Waals surface area contributed by atoms with Gasteiger partial charge in [0.05, 0.1) is 0 Å². The first kappa shape index (κ1) is 12.5. The zero-order valence-electron chi connectivity index (χ0n) is 9.79. The highest BCUT2D eigenvalue weighted by Gasteiger charge is 2.40. The Balaban J connectivity index is 2.60. The molecule has 88 valence electrons. The molecule has 0 heterocycles. The van der Waals surface area contributed by atoms with Crippen LogP contribution in [0.5, 0.6) is 0 Å². The number of methoxy groups -OCH3 is 1. The fraction of sp³-hybridized carbons (Fsp3) is 0.917. The Morgan fingerprint density at radius 3 is 2.73 bits per heavy atom.